The van der Waals surface area contributed by atoms with Gasteiger partial charge in [-0.15, -0.1) is 0 Å². The Labute approximate surface area is 115 Å². The van der Waals surface area contributed by atoms with E-state index < -0.39 is 33.3 Å². The molecule has 0 bridgehead atoms. The number of nitrogen functional groups attached to an aromatic ring is 1. The van der Waals surface area contributed by atoms with Crippen molar-refractivity contribution in [2.45, 2.75) is 6.92 Å². The van der Waals surface area contributed by atoms with Crippen LogP contribution in [0.5, 0.6) is 0 Å². The van der Waals surface area contributed by atoms with Crippen LogP contribution in [0, 0.1) is 11.6 Å². The Hall–Kier alpha value is -1.74. The lowest BCUT2D eigenvalue weighted by Crippen LogP contribution is -2.34. The van der Waals surface area contributed by atoms with E-state index in [0.717, 1.165) is 12.1 Å². The number of carbonyl (C=O) groups excluding carboxylic acids is 1. The maximum absolute atomic E-state index is 13.2. The number of sulfonamides is 1. The molecule has 0 unspecified atom stereocenters. The Kier molecular flexibility index (Phi) is 5.40. The molecule has 0 aliphatic carbocycles. The normalized spacial score (nSPS) is 11.3. The quantitative estimate of drug-likeness (QED) is 0.654. The summed E-state index contributed by atoms with van der Waals surface area (Å²) in [5.41, 5.74) is 4.13. The standard InChI is InChI=1S/C11H15F2N3O3S/c1-2-16-20(18,19)4-3-15-11(17)7-5-8(12)10(14)9(13)6-7/h5-6,16H,2-4,14H2,1H3,(H,15,17). The lowest BCUT2D eigenvalue weighted by Gasteiger charge is -2.07. The highest BCUT2D eigenvalue weighted by Gasteiger charge is 2.14. The average Bonchev–Trinajstić information content (AvgIpc) is 2.34. The summed E-state index contributed by atoms with van der Waals surface area (Å²) in [6, 6.07) is 1.57. The molecular weight excluding hydrogens is 292 g/mol. The molecular formula is C11H15F2N3O3S. The van der Waals surface area contributed by atoms with Gasteiger partial charge in [-0.2, -0.15) is 0 Å². The molecule has 0 saturated carbocycles. The number of halogens is 2. The van der Waals surface area contributed by atoms with Gasteiger partial charge >= 0.3 is 0 Å². The molecule has 6 nitrogen and oxygen atoms in total. The van der Waals surface area contributed by atoms with Gasteiger partial charge in [0, 0.05) is 18.7 Å². The Morgan fingerprint density at radius 1 is 1.30 bits per heavy atom. The number of nitrogens with one attached hydrogen (secondary N) is 2. The second kappa shape index (κ2) is 6.62. The molecule has 0 saturated heterocycles. The molecule has 0 fully saturated rings. The smallest absolute Gasteiger partial charge is 0.251 e. The number of nitrogens with two attached hydrogens (primary N) is 1. The lowest BCUT2D eigenvalue weighted by molar-refractivity contribution is 0.0955. The number of benzene rings is 1. The van der Waals surface area contributed by atoms with Gasteiger partial charge in [0.25, 0.3) is 5.91 Å². The van der Waals surface area contributed by atoms with E-state index in [2.05, 4.69) is 10.0 Å². The summed E-state index contributed by atoms with van der Waals surface area (Å²) in [5.74, 6) is -3.20. The SMILES string of the molecule is CCNS(=O)(=O)CCNC(=O)c1cc(F)c(N)c(F)c1. The maximum Gasteiger partial charge on any atom is 0.251 e. The van der Waals surface area contributed by atoms with Crippen LogP contribution in [0.4, 0.5) is 14.5 Å². The second-order valence-electron chi connectivity index (χ2n) is 3.93. The van der Waals surface area contributed by atoms with E-state index in [1.165, 1.54) is 0 Å². The average molecular weight is 307 g/mol. The van der Waals surface area contributed by atoms with Crippen LogP contribution in [-0.4, -0.2) is 33.2 Å². The van der Waals surface area contributed by atoms with Crippen molar-refractivity contribution in [2.24, 2.45) is 0 Å². The van der Waals surface area contributed by atoms with E-state index in [-0.39, 0.29) is 24.4 Å². The zero-order valence-electron chi connectivity index (χ0n) is 10.7. The van der Waals surface area contributed by atoms with Crippen molar-refractivity contribution < 1.29 is 22.0 Å². The van der Waals surface area contributed by atoms with Gasteiger partial charge in [-0.25, -0.2) is 21.9 Å². The fourth-order valence-corrected chi connectivity index (χ4v) is 2.36. The first-order valence-electron chi connectivity index (χ1n) is 5.77. The Morgan fingerprint density at radius 3 is 2.35 bits per heavy atom. The van der Waals surface area contributed by atoms with E-state index in [9.17, 15) is 22.0 Å². The number of amides is 1. The highest BCUT2D eigenvalue weighted by Crippen LogP contribution is 2.17. The van der Waals surface area contributed by atoms with Gasteiger partial charge in [-0.05, 0) is 12.1 Å². The first-order chi connectivity index (χ1) is 9.26. The molecule has 0 aliphatic heterocycles. The van der Waals surface area contributed by atoms with Gasteiger partial charge in [0.1, 0.15) is 17.3 Å². The second-order valence-corrected chi connectivity index (χ2v) is 5.85. The van der Waals surface area contributed by atoms with Crippen molar-refractivity contribution in [3.63, 3.8) is 0 Å². The van der Waals surface area contributed by atoms with Gasteiger partial charge in [0.05, 0.1) is 5.75 Å². The van der Waals surface area contributed by atoms with E-state index in [1.807, 2.05) is 0 Å². The molecule has 1 rings (SSSR count). The van der Waals surface area contributed by atoms with Crippen molar-refractivity contribution in [3.8, 4) is 0 Å². The summed E-state index contributed by atoms with van der Waals surface area (Å²) >= 11 is 0. The number of rotatable bonds is 6. The van der Waals surface area contributed by atoms with Crippen LogP contribution >= 0.6 is 0 Å². The summed E-state index contributed by atoms with van der Waals surface area (Å²) in [4.78, 5) is 11.6. The highest BCUT2D eigenvalue weighted by atomic mass is 32.2. The third-order valence-corrected chi connectivity index (χ3v) is 3.83. The molecule has 112 valence electrons. The predicted molar refractivity (Wildman–Crippen MR) is 70.6 cm³/mol. The first kappa shape index (κ1) is 16.3. The molecule has 0 radical (unpaired) electrons. The maximum atomic E-state index is 13.2. The Morgan fingerprint density at radius 2 is 1.85 bits per heavy atom. The van der Waals surface area contributed by atoms with Gasteiger partial charge in [0.15, 0.2) is 0 Å². The molecule has 0 aliphatic rings. The summed E-state index contributed by atoms with van der Waals surface area (Å²) in [6.07, 6.45) is 0. The summed E-state index contributed by atoms with van der Waals surface area (Å²) in [6.45, 7) is 1.68. The number of hydrogen-bond donors (Lipinski definition) is 3. The van der Waals surface area contributed by atoms with E-state index in [1.54, 1.807) is 6.92 Å². The molecule has 1 aromatic carbocycles. The zero-order chi connectivity index (χ0) is 15.3. The highest BCUT2D eigenvalue weighted by molar-refractivity contribution is 7.89. The fraction of sp³-hybridized carbons (Fsp3) is 0.364. The summed E-state index contributed by atoms with van der Waals surface area (Å²) < 4.78 is 51.2. The van der Waals surface area contributed by atoms with Gasteiger partial charge in [-0.3, -0.25) is 4.79 Å². The van der Waals surface area contributed by atoms with Gasteiger partial charge < -0.3 is 11.1 Å². The van der Waals surface area contributed by atoms with Crippen molar-refractivity contribution in [3.05, 3.63) is 29.3 Å². The van der Waals surface area contributed by atoms with Gasteiger partial charge in [-0.1, -0.05) is 6.92 Å². The van der Waals surface area contributed by atoms with Gasteiger partial charge in [0.2, 0.25) is 10.0 Å². The van der Waals surface area contributed by atoms with Crippen LogP contribution in [0.1, 0.15) is 17.3 Å². The van der Waals surface area contributed by atoms with Crippen LogP contribution < -0.4 is 15.8 Å². The largest absolute Gasteiger partial charge is 0.394 e. The van der Waals surface area contributed by atoms with Crippen LogP contribution in [0.25, 0.3) is 0 Å². The zero-order valence-corrected chi connectivity index (χ0v) is 11.6. The summed E-state index contributed by atoms with van der Waals surface area (Å²) in [5, 5.41) is 2.26. The Balaban J connectivity index is 2.65. The number of hydrogen-bond acceptors (Lipinski definition) is 4. The van der Waals surface area contributed by atoms with Crippen LogP contribution in [0.2, 0.25) is 0 Å². The van der Waals surface area contributed by atoms with E-state index in [0.29, 0.717) is 0 Å². The molecule has 1 aromatic rings. The molecule has 0 heterocycles. The van der Waals surface area contributed by atoms with Crippen LogP contribution in [-0.2, 0) is 10.0 Å². The topological polar surface area (TPSA) is 101 Å². The van der Waals surface area contributed by atoms with Crippen molar-refractivity contribution >= 4 is 21.6 Å². The first-order valence-corrected chi connectivity index (χ1v) is 7.42. The minimum Gasteiger partial charge on any atom is -0.394 e. The molecule has 0 atom stereocenters. The number of carbonyl (C=O) groups is 1. The summed E-state index contributed by atoms with van der Waals surface area (Å²) in [7, 11) is -3.47. The predicted octanol–water partition coefficient (Wildman–Crippen LogP) is 0.216. The molecule has 1 amide bonds. The van der Waals surface area contributed by atoms with Crippen molar-refractivity contribution in [1.82, 2.24) is 10.0 Å². The number of anilines is 1. The minimum atomic E-state index is -3.47. The lowest BCUT2D eigenvalue weighted by atomic mass is 10.2. The molecule has 9 heteroatoms. The monoisotopic (exact) mass is 307 g/mol. The fourth-order valence-electron chi connectivity index (χ4n) is 1.41. The molecule has 0 spiro atoms. The van der Waals surface area contributed by atoms with Crippen molar-refractivity contribution in [1.29, 1.82) is 0 Å². The third-order valence-electron chi connectivity index (χ3n) is 2.36. The van der Waals surface area contributed by atoms with E-state index in [4.69, 9.17) is 5.73 Å². The van der Waals surface area contributed by atoms with Crippen LogP contribution in [0.3, 0.4) is 0 Å². The van der Waals surface area contributed by atoms with Crippen LogP contribution in [0.15, 0.2) is 12.1 Å². The third kappa shape index (κ3) is 4.42. The Bertz CT molecular complexity index is 582. The minimum absolute atomic E-state index is 0.179. The van der Waals surface area contributed by atoms with Crippen molar-refractivity contribution in [2.75, 3.05) is 24.6 Å². The van der Waals surface area contributed by atoms with E-state index >= 15 is 0 Å². The molecule has 20 heavy (non-hydrogen) atoms. The molecule has 0 aromatic heterocycles. The molecule has 4 N–H and O–H groups in total.